The van der Waals surface area contributed by atoms with E-state index < -0.39 is 0 Å². The number of pyridine rings is 1. The molecule has 0 aliphatic carbocycles. The van der Waals surface area contributed by atoms with Crippen molar-refractivity contribution in [3.63, 3.8) is 0 Å². The van der Waals surface area contributed by atoms with E-state index in [2.05, 4.69) is 29.7 Å². The minimum absolute atomic E-state index is 0.0793. The van der Waals surface area contributed by atoms with Crippen LogP contribution in [0.5, 0.6) is 0 Å². The van der Waals surface area contributed by atoms with E-state index in [4.69, 9.17) is 12.2 Å². The van der Waals surface area contributed by atoms with Crippen molar-refractivity contribution in [1.82, 2.24) is 14.4 Å². The zero-order valence-electron chi connectivity index (χ0n) is 21.4. The maximum absolute atomic E-state index is 13.3. The van der Waals surface area contributed by atoms with Crippen molar-refractivity contribution < 1.29 is 4.79 Å². The van der Waals surface area contributed by atoms with Crippen molar-refractivity contribution in [2.24, 2.45) is 0 Å². The van der Waals surface area contributed by atoms with Crippen LogP contribution in [0, 0.1) is 18.3 Å². The van der Waals surface area contributed by atoms with Gasteiger partial charge in [0.1, 0.15) is 21.8 Å². The summed E-state index contributed by atoms with van der Waals surface area (Å²) in [5.41, 5.74) is 1.31. The molecule has 0 bridgehead atoms. The van der Waals surface area contributed by atoms with Gasteiger partial charge in [-0.25, -0.2) is 0 Å². The number of piperazine rings is 1. The van der Waals surface area contributed by atoms with E-state index >= 15 is 0 Å². The van der Waals surface area contributed by atoms with Crippen LogP contribution in [0.2, 0.25) is 0 Å². The highest BCUT2D eigenvalue weighted by molar-refractivity contribution is 8.26. The highest BCUT2D eigenvalue weighted by atomic mass is 32.2. The second kappa shape index (κ2) is 12.7. The van der Waals surface area contributed by atoms with Gasteiger partial charge < -0.3 is 9.80 Å². The molecule has 1 amide bonds. The van der Waals surface area contributed by atoms with E-state index in [0.717, 1.165) is 76.2 Å². The SMILES string of the molecule is CCCCCCN1C(=O)C(=Cc2c(C)c(C#N)c(=O)n(CCC)c2N2CCN(CC)CC2)SC1=S. The van der Waals surface area contributed by atoms with Crippen LogP contribution in [-0.4, -0.2) is 63.9 Å². The lowest BCUT2D eigenvalue weighted by Crippen LogP contribution is -2.48. The van der Waals surface area contributed by atoms with Crippen LogP contribution in [0.4, 0.5) is 5.82 Å². The number of likely N-dealkylation sites (N-methyl/N-ethyl adjacent to an activating group) is 1. The summed E-state index contributed by atoms with van der Waals surface area (Å²) in [4.78, 5) is 33.5. The summed E-state index contributed by atoms with van der Waals surface area (Å²) >= 11 is 6.86. The molecule has 2 aliphatic rings. The Bertz CT molecular complexity index is 1080. The number of amides is 1. The molecule has 190 valence electrons. The summed E-state index contributed by atoms with van der Waals surface area (Å²) in [7, 11) is 0. The molecule has 0 N–H and O–H groups in total. The third-order valence-electron chi connectivity index (χ3n) is 6.80. The first-order chi connectivity index (χ1) is 16.9. The quantitative estimate of drug-likeness (QED) is 0.260. The maximum Gasteiger partial charge on any atom is 0.270 e. The Balaban J connectivity index is 2.07. The third-order valence-corrected chi connectivity index (χ3v) is 8.17. The Morgan fingerprint density at radius 1 is 1.03 bits per heavy atom. The Morgan fingerprint density at radius 2 is 1.74 bits per heavy atom. The van der Waals surface area contributed by atoms with Crippen LogP contribution in [0.15, 0.2) is 9.70 Å². The van der Waals surface area contributed by atoms with Crippen molar-refractivity contribution in [1.29, 1.82) is 5.26 Å². The number of carbonyl (C=O) groups is 1. The molecular weight excluding hydrogens is 478 g/mol. The Hall–Kier alpha value is -2.15. The number of rotatable bonds is 10. The second-order valence-electron chi connectivity index (χ2n) is 9.12. The van der Waals surface area contributed by atoms with Crippen LogP contribution in [0.25, 0.3) is 6.08 Å². The topological polar surface area (TPSA) is 72.6 Å². The van der Waals surface area contributed by atoms with Crippen LogP contribution in [0.1, 0.15) is 69.6 Å². The van der Waals surface area contributed by atoms with E-state index in [1.165, 1.54) is 11.8 Å². The van der Waals surface area contributed by atoms with E-state index in [1.807, 2.05) is 19.9 Å². The fourth-order valence-electron chi connectivity index (χ4n) is 4.71. The number of hydrogen-bond donors (Lipinski definition) is 0. The maximum atomic E-state index is 13.3. The lowest BCUT2D eigenvalue weighted by molar-refractivity contribution is -0.122. The van der Waals surface area contributed by atoms with Gasteiger partial charge in [-0.1, -0.05) is 64.0 Å². The van der Waals surface area contributed by atoms with Gasteiger partial charge in [-0.15, -0.1) is 0 Å². The summed E-state index contributed by atoms with van der Waals surface area (Å²) in [6.45, 7) is 13.7. The van der Waals surface area contributed by atoms with Gasteiger partial charge in [0, 0.05) is 44.8 Å². The normalized spacial score (nSPS) is 18.1. The molecule has 7 nitrogen and oxygen atoms in total. The molecule has 0 unspecified atom stereocenters. The fourth-order valence-corrected chi connectivity index (χ4v) is 6.00. The number of hydrogen-bond acceptors (Lipinski definition) is 7. The smallest absolute Gasteiger partial charge is 0.270 e. The Morgan fingerprint density at radius 3 is 2.34 bits per heavy atom. The summed E-state index contributed by atoms with van der Waals surface area (Å²) in [5.74, 6) is 0.738. The van der Waals surface area contributed by atoms with Gasteiger partial charge in [0.05, 0.1) is 4.91 Å². The molecule has 0 spiro atoms. The van der Waals surface area contributed by atoms with E-state index in [9.17, 15) is 14.9 Å². The molecule has 2 saturated heterocycles. The predicted molar refractivity (Wildman–Crippen MR) is 149 cm³/mol. The minimum atomic E-state index is -0.250. The van der Waals surface area contributed by atoms with Gasteiger partial charge >= 0.3 is 0 Å². The number of nitrogens with zero attached hydrogens (tertiary/aromatic N) is 5. The summed E-state index contributed by atoms with van der Waals surface area (Å²) < 4.78 is 2.32. The number of anilines is 1. The van der Waals surface area contributed by atoms with Crippen LogP contribution >= 0.6 is 24.0 Å². The molecule has 1 aromatic heterocycles. The average Bonchev–Trinajstić information content (AvgIpc) is 3.12. The van der Waals surface area contributed by atoms with Crippen LogP contribution < -0.4 is 10.5 Å². The van der Waals surface area contributed by atoms with Gasteiger partial charge in [-0.05, 0) is 37.9 Å². The monoisotopic (exact) mass is 515 g/mol. The zero-order chi connectivity index (χ0) is 25.5. The van der Waals surface area contributed by atoms with Crippen molar-refractivity contribution in [3.8, 4) is 6.07 Å². The fraction of sp³-hybridized carbons (Fsp3) is 0.615. The zero-order valence-corrected chi connectivity index (χ0v) is 23.1. The number of unbranched alkanes of at least 4 members (excludes halogenated alkanes) is 3. The summed E-state index contributed by atoms with van der Waals surface area (Å²) in [6, 6.07) is 2.13. The van der Waals surface area contributed by atoms with Gasteiger partial charge in [-0.2, -0.15) is 5.26 Å². The molecule has 0 atom stereocenters. The van der Waals surface area contributed by atoms with Crippen LogP contribution in [0.3, 0.4) is 0 Å². The van der Waals surface area contributed by atoms with Gasteiger partial charge in [0.15, 0.2) is 0 Å². The Kier molecular flexibility index (Phi) is 9.96. The lowest BCUT2D eigenvalue weighted by atomic mass is 10.0. The molecular formula is C26H37N5O2S2. The molecule has 2 fully saturated rings. The molecule has 35 heavy (non-hydrogen) atoms. The largest absolute Gasteiger partial charge is 0.355 e. The third kappa shape index (κ3) is 5.99. The standard InChI is InChI=1S/C26H37N5O2S2/c1-5-8-9-10-12-31-25(33)22(35-26(31)34)17-20-19(4)21(18-27)24(32)30(11-6-2)23(20)29-15-13-28(7-3)14-16-29/h17H,5-16H2,1-4H3. The van der Waals surface area contributed by atoms with E-state index in [1.54, 1.807) is 9.47 Å². The molecule has 0 radical (unpaired) electrons. The van der Waals surface area contributed by atoms with Crippen molar-refractivity contribution in [3.05, 3.63) is 31.9 Å². The first-order valence-corrected chi connectivity index (χ1v) is 14.0. The van der Waals surface area contributed by atoms with Gasteiger partial charge in [0.2, 0.25) is 0 Å². The Labute approximate surface area is 218 Å². The highest BCUT2D eigenvalue weighted by Gasteiger charge is 2.33. The first-order valence-electron chi connectivity index (χ1n) is 12.8. The predicted octanol–water partition coefficient (Wildman–Crippen LogP) is 4.36. The average molecular weight is 516 g/mol. The van der Waals surface area contributed by atoms with Gasteiger partial charge in [0.25, 0.3) is 11.5 Å². The number of aromatic nitrogens is 1. The lowest BCUT2D eigenvalue weighted by Gasteiger charge is -2.37. The molecule has 0 aromatic carbocycles. The minimum Gasteiger partial charge on any atom is -0.355 e. The number of carbonyl (C=O) groups excluding carboxylic acids is 1. The van der Waals surface area contributed by atoms with Gasteiger partial charge in [-0.3, -0.25) is 19.1 Å². The van der Waals surface area contributed by atoms with Crippen molar-refractivity contribution >= 4 is 46.1 Å². The van der Waals surface area contributed by atoms with Crippen molar-refractivity contribution in [2.75, 3.05) is 44.2 Å². The number of thiocarbonyl (C=S) groups is 1. The summed E-state index contributed by atoms with van der Waals surface area (Å²) in [6.07, 6.45) is 6.94. The first kappa shape index (κ1) is 27.4. The number of thioether (sulfide) groups is 1. The van der Waals surface area contributed by atoms with Crippen LogP contribution in [-0.2, 0) is 11.3 Å². The van der Waals surface area contributed by atoms with E-state index in [0.29, 0.717) is 27.9 Å². The second-order valence-corrected chi connectivity index (χ2v) is 10.8. The van der Waals surface area contributed by atoms with E-state index in [-0.39, 0.29) is 17.0 Å². The summed E-state index contributed by atoms with van der Waals surface area (Å²) in [5, 5.41) is 9.82. The molecule has 9 heteroatoms. The molecule has 0 saturated carbocycles. The molecule has 1 aromatic rings. The number of nitriles is 1. The van der Waals surface area contributed by atoms with Crippen molar-refractivity contribution in [2.45, 2.75) is 66.3 Å². The molecule has 3 rings (SSSR count). The molecule has 2 aliphatic heterocycles. The molecule has 3 heterocycles. The highest BCUT2D eigenvalue weighted by Crippen LogP contribution is 2.36.